The van der Waals surface area contributed by atoms with Crippen molar-refractivity contribution in [2.45, 2.75) is 143 Å². The molecular formula is C35H55F2N5O12. The Labute approximate surface area is 313 Å². The SMILES string of the molecule is CCCCCOC(=O)Nc1ccn([C@@H]2O[C@H](COC(=O)[C@H](NC(=O)OC(C)(C)C)C(C)C)[C@@H](OC(=O)[C@@H](NC(=O)OC(C)(C)C)C(C)C)C2(F)F)c(=O)n1. The van der Waals surface area contributed by atoms with E-state index in [1.54, 1.807) is 55.4 Å². The summed E-state index contributed by atoms with van der Waals surface area (Å²) in [5.41, 5.74) is -3.12. The number of halogens is 2. The molecule has 17 nitrogen and oxygen atoms in total. The summed E-state index contributed by atoms with van der Waals surface area (Å²) >= 11 is 0. The monoisotopic (exact) mass is 775 g/mol. The number of anilines is 1. The molecule has 0 unspecified atom stereocenters. The lowest BCUT2D eigenvalue weighted by atomic mass is 10.0. The van der Waals surface area contributed by atoms with Crippen molar-refractivity contribution in [3.8, 4) is 0 Å². The van der Waals surface area contributed by atoms with Gasteiger partial charge in [0.05, 0.1) is 6.61 Å². The summed E-state index contributed by atoms with van der Waals surface area (Å²) in [7, 11) is 0. The summed E-state index contributed by atoms with van der Waals surface area (Å²) in [6.45, 7) is 17.0. The van der Waals surface area contributed by atoms with Gasteiger partial charge in [-0.05, 0) is 65.9 Å². The molecule has 1 aromatic rings. The van der Waals surface area contributed by atoms with Crippen LogP contribution in [-0.4, -0.2) is 94.4 Å². The molecule has 3 amide bonds. The molecule has 1 fully saturated rings. The number of nitrogens with one attached hydrogen (secondary N) is 3. The first kappa shape index (κ1) is 45.6. The summed E-state index contributed by atoms with van der Waals surface area (Å²) < 4.78 is 64.7. The average molecular weight is 776 g/mol. The summed E-state index contributed by atoms with van der Waals surface area (Å²) in [5, 5.41) is 6.97. The molecule has 1 aliphatic rings. The van der Waals surface area contributed by atoms with Crippen molar-refractivity contribution in [1.82, 2.24) is 20.2 Å². The topological polar surface area (TPSA) is 212 Å². The highest BCUT2D eigenvalue weighted by molar-refractivity contribution is 5.83. The lowest BCUT2D eigenvalue weighted by Gasteiger charge is -2.29. The van der Waals surface area contributed by atoms with Crippen LogP contribution in [0.15, 0.2) is 17.1 Å². The van der Waals surface area contributed by atoms with Crippen molar-refractivity contribution in [1.29, 1.82) is 0 Å². The van der Waals surface area contributed by atoms with Crippen LogP contribution in [0.1, 0.15) is 102 Å². The van der Waals surface area contributed by atoms with E-state index in [1.807, 2.05) is 6.92 Å². The zero-order valence-corrected chi connectivity index (χ0v) is 32.8. The maximum Gasteiger partial charge on any atom is 0.412 e. The Hall–Kier alpha value is -4.55. The van der Waals surface area contributed by atoms with Gasteiger partial charge in [-0.3, -0.25) is 9.88 Å². The lowest BCUT2D eigenvalue weighted by Crippen LogP contribution is -2.52. The quantitative estimate of drug-likeness (QED) is 0.121. The Morgan fingerprint density at radius 3 is 1.89 bits per heavy atom. The smallest absolute Gasteiger partial charge is 0.412 e. The number of hydrogen-bond donors (Lipinski definition) is 3. The van der Waals surface area contributed by atoms with Crippen molar-refractivity contribution < 1.29 is 61.2 Å². The molecule has 0 saturated carbocycles. The van der Waals surface area contributed by atoms with Crippen LogP contribution in [-0.2, 0) is 38.0 Å². The third-order valence-electron chi connectivity index (χ3n) is 7.46. The van der Waals surface area contributed by atoms with E-state index in [2.05, 4.69) is 20.9 Å². The number of carbonyl (C=O) groups is 5. The van der Waals surface area contributed by atoms with Crippen LogP contribution < -0.4 is 21.6 Å². The van der Waals surface area contributed by atoms with Crippen LogP contribution in [0.5, 0.6) is 0 Å². The molecule has 3 N–H and O–H groups in total. The number of nitrogens with zero attached hydrogens (tertiary/aromatic N) is 2. The molecule has 2 rings (SSSR count). The van der Waals surface area contributed by atoms with E-state index in [0.29, 0.717) is 11.0 Å². The van der Waals surface area contributed by atoms with Crippen LogP contribution in [0.4, 0.5) is 29.0 Å². The molecule has 0 bridgehead atoms. The molecule has 1 aromatic heterocycles. The van der Waals surface area contributed by atoms with Crippen LogP contribution in [0.2, 0.25) is 0 Å². The van der Waals surface area contributed by atoms with Gasteiger partial charge in [0.25, 0.3) is 0 Å². The van der Waals surface area contributed by atoms with E-state index in [0.717, 1.165) is 25.1 Å². The predicted octanol–water partition coefficient (Wildman–Crippen LogP) is 5.07. The van der Waals surface area contributed by atoms with Crippen molar-refractivity contribution in [2.75, 3.05) is 18.5 Å². The predicted molar refractivity (Wildman–Crippen MR) is 189 cm³/mol. The van der Waals surface area contributed by atoms with Gasteiger partial charge in [-0.1, -0.05) is 47.5 Å². The van der Waals surface area contributed by atoms with Crippen LogP contribution >= 0.6 is 0 Å². The number of unbranched alkanes of at least 4 members (excludes halogenated alkanes) is 2. The molecule has 54 heavy (non-hydrogen) atoms. The van der Waals surface area contributed by atoms with E-state index in [-0.39, 0.29) is 12.4 Å². The highest BCUT2D eigenvalue weighted by atomic mass is 19.3. The van der Waals surface area contributed by atoms with Crippen molar-refractivity contribution in [2.24, 2.45) is 11.8 Å². The highest BCUT2D eigenvalue weighted by Gasteiger charge is 2.63. The third-order valence-corrected chi connectivity index (χ3v) is 7.46. The Morgan fingerprint density at radius 2 is 1.41 bits per heavy atom. The molecule has 0 aliphatic carbocycles. The molecule has 1 saturated heterocycles. The number of alkyl halides is 2. The van der Waals surface area contributed by atoms with Crippen molar-refractivity contribution in [3.05, 3.63) is 22.7 Å². The number of hydrogen-bond acceptors (Lipinski definition) is 13. The van der Waals surface area contributed by atoms with E-state index < -0.39 is 102 Å². The van der Waals surface area contributed by atoms with Gasteiger partial charge in [0.1, 0.15) is 41.8 Å². The molecular weight excluding hydrogens is 720 g/mol. The second kappa shape index (κ2) is 19.2. The first-order valence-electron chi connectivity index (χ1n) is 17.8. The van der Waals surface area contributed by atoms with E-state index >= 15 is 8.78 Å². The van der Waals surface area contributed by atoms with Gasteiger partial charge in [0, 0.05) is 6.20 Å². The second-order valence-electron chi connectivity index (χ2n) is 15.4. The van der Waals surface area contributed by atoms with Crippen LogP contribution in [0.25, 0.3) is 0 Å². The van der Waals surface area contributed by atoms with E-state index in [9.17, 15) is 28.8 Å². The molecule has 306 valence electrons. The zero-order chi connectivity index (χ0) is 41.2. The van der Waals surface area contributed by atoms with Crippen molar-refractivity contribution in [3.63, 3.8) is 0 Å². The summed E-state index contributed by atoms with van der Waals surface area (Å²) in [6.07, 6.45) is -6.45. The fourth-order valence-corrected chi connectivity index (χ4v) is 4.88. The van der Waals surface area contributed by atoms with Gasteiger partial charge in [-0.25, -0.2) is 28.8 Å². The molecule has 1 aliphatic heterocycles. The summed E-state index contributed by atoms with van der Waals surface area (Å²) in [6, 6.07) is -1.71. The van der Waals surface area contributed by atoms with Gasteiger partial charge in [0.2, 0.25) is 6.23 Å². The van der Waals surface area contributed by atoms with Gasteiger partial charge >= 0.3 is 41.8 Å². The van der Waals surface area contributed by atoms with Crippen LogP contribution in [0, 0.1) is 11.8 Å². The average Bonchev–Trinajstić information content (AvgIpc) is 3.26. The second-order valence-corrected chi connectivity index (χ2v) is 15.4. The number of rotatable bonds is 15. The number of ether oxygens (including phenoxy) is 6. The standard InChI is InChI=1S/C35H55F2N5O12/c1-12-13-14-17-49-30(46)39-22-15-16-42(29(45)38-22)28-35(36,37)25(52-27(44)24(20(4)5)41-32(48)54-34(9,10)11)21(51-28)18-50-26(43)23(19(2)3)40-31(47)53-33(6,7)8/h15-16,19-21,23-25,28H,12-14,17-18H2,1-11H3,(H,40,47)(H,41,48)(H,38,39,45,46)/t21-,23-,24+,25-,28-/m1/s1. The first-order valence-corrected chi connectivity index (χ1v) is 17.8. The normalized spacial score (nSPS) is 19.4. The molecule has 0 spiro atoms. The molecule has 0 aromatic carbocycles. The Kier molecular flexibility index (Phi) is 16.2. The number of esters is 2. The van der Waals surface area contributed by atoms with Gasteiger partial charge in [-0.15, -0.1) is 0 Å². The fraction of sp³-hybridized carbons (Fsp3) is 0.743. The number of aromatic nitrogens is 2. The van der Waals surface area contributed by atoms with Gasteiger partial charge < -0.3 is 39.1 Å². The molecule has 19 heteroatoms. The largest absolute Gasteiger partial charge is 0.461 e. The minimum atomic E-state index is -4.18. The number of amides is 3. The Balaban J connectivity index is 2.41. The minimum absolute atomic E-state index is 0.116. The number of carbonyl (C=O) groups excluding carboxylic acids is 5. The van der Waals surface area contributed by atoms with E-state index in [4.69, 9.17) is 28.4 Å². The summed E-state index contributed by atoms with van der Waals surface area (Å²) in [5.74, 6) is -8.03. The van der Waals surface area contributed by atoms with E-state index in [1.165, 1.54) is 13.8 Å². The first-order chi connectivity index (χ1) is 24.9. The maximum absolute atomic E-state index is 16.3. The maximum atomic E-state index is 16.3. The Morgan fingerprint density at radius 1 is 0.870 bits per heavy atom. The molecule has 5 atom stereocenters. The molecule has 0 radical (unpaired) electrons. The Bertz CT molecular complexity index is 1520. The van der Waals surface area contributed by atoms with Gasteiger partial charge in [-0.2, -0.15) is 13.8 Å². The summed E-state index contributed by atoms with van der Waals surface area (Å²) in [4.78, 5) is 80.3. The minimum Gasteiger partial charge on any atom is -0.461 e. The molecule has 2 heterocycles. The zero-order valence-electron chi connectivity index (χ0n) is 32.8. The third kappa shape index (κ3) is 14.0. The van der Waals surface area contributed by atoms with Crippen LogP contribution in [0.3, 0.4) is 0 Å². The number of alkyl carbamates (subject to hydrolysis) is 2. The van der Waals surface area contributed by atoms with Crippen molar-refractivity contribution >= 4 is 36.0 Å². The lowest BCUT2D eigenvalue weighted by molar-refractivity contribution is -0.180. The fourth-order valence-electron chi connectivity index (χ4n) is 4.88. The van der Waals surface area contributed by atoms with Gasteiger partial charge in [0.15, 0.2) is 6.10 Å². The highest BCUT2D eigenvalue weighted by Crippen LogP contribution is 2.44.